The van der Waals surface area contributed by atoms with Crippen LogP contribution in [-0.4, -0.2) is 65.2 Å². The van der Waals surface area contributed by atoms with Crippen LogP contribution in [0, 0.1) is 0 Å². The third-order valence-corrected chi connectivity index (χ3v) is 6.16. The average molecular weight is 526 g/mol. The number of Topliss-reactive ketones (excluding diaryl/α,β-unsaturated/α-hetero) is 1. The number of nitrogens with one attached hydrogen (secondary N) is 1. The molecule has 0 spiro atoms. The van der Waals surface area contributed by atoms with E-state index < -0.39 is 17.1 Å². The summed E-state index contributed by atoms with van der Waals surface area (Å²) in [5.74, 6) is -0.616. The number of unbranched alkanes of at least 4 members (excludes halogenated alkanes) is 1. The molecule has 3 rings (SSSR count). The lowest BCUT2D eigenvalue weighted by atomic mass is 10.0. The molecule has 1 saturated heterocycles. The Morgan fingerprint density at radius 3 is 2.55 bits per heavy atom. The van der Waals surface area contributed by atoms with Crippen LogP contribution >= 0.6 is 0 Å². The zero-order chi connectivity index (χ0) is 27.7. The molecule has 1 aromatic heterocycles. The molecule has 206 valence electrons. The zero-order valence-electron chi connectivity index (χ0n) is 22.8. The van der Waals surface area contributed by atoms with Crippen molar-refractivity contribution in [3.05, 3.63) is 69.6 Å². The first-order chi connectivity index (χ1) is 18.1. The van der Waals surface area contributed by atoms with Crippen LogP contribution in [0.5, 0.6) is 0 Å². The lowest BCUT2D eigenvalue weighted by Crippen LogP contribution is -2.47. The molecule has 1 aromatic carbocycles. The third-order valence-electron chi connectivity index (χ3n) is 6.16. The fourth-order valence-corrected chi connectivity index (χ4v) is 4.29. The van der Waals surface area contributed by atoms with Crippen molar-refractivity contribution in [1.82, 2.24) is 14.8 Å². The van der Waals surface area contributed by atoms with Crippen molar-refractivity contribution in [1.29, 1.82) is 0 Å². The molecule has 9 heteroatoms. The second-order valence-corrected chi connectivity index (χ2v) is 10.5. The molecule has 1 aliphatic heterocycles. The highest BCUT2D eigenvalue weighted by atomic mass is 16.6. The normalized spacial score (nSPS) is 15.7. The van der Waals surface area contributed by atoms with Crippen LogP contribution < -0.4 is 10.9 Å². The van der Waals surface area contributed by atoms with Gasteiger partial charge in [-0.15, -0.1) is 0 Å². The molecule has 1 fully saturated rings. The highest BCUT2D eigenvalue weighted by Gasteiger charge is 2.28. The van der Waals surface area contributed by atoms with E-state index in [1.165, 1.54) is 10.6 Å². The molecule has 0 aliphatic carbocycles. The van der Waals surface area contributed by atoms with E-state index in [4.69, 9.17) is 9.47 Å². The minimum Gasteiger partial charge on any atom is -0.444 e. The van der Waals surface area contributed by atoms with Crippen molar-refractivity contribution in [2.45, 2.75) is 71.6 Å². The van der Waals surface area contributed by atoms with Gasteiger partial charge < -0.3 is 24.3 Å². The van der Waals surface area contributed by atoms with E-state index in [1.54, 1.807) is 18.0 Å². The summed E-state index contributed by atoms with van der Waals surface area (Å²) in [4.78, 5) is 52.6. The Balaban J connectivity index is 1.61. The molecular weight excluding hydrogens is 486 g/mol. The number of morpholine rings is 1. The molecule has 2 heterocycles. The van der Waals surface area contributed by atoms with Gasteiger partial charge >= 0.3 is 6.09 Å². The van der Waals surface area contributed by atoms with Gasteiger partial charge in [-0.3, -0.25) is 14.4 Å². The molecule has 2 aromatic rings. The summed E-state index contributed by atoms with van der Waals surface area (Å²) in [7, 11) is 0. The predicted molar refractivity (Wildman–Crippen MR) is 145 cm³/mol. The van der Waals surface area contributed by atoms with Gasteiger partial charge in [-0.05, 0) is 52.2 Å². The van der Waals surface area contributed by atoms with Gasteiger partial charge in [-0.2, -0.15) is 0 Å². The van der Waals surface area contributed by atoms with E-state index in [1.807, 2.05) is 51.1 Å². The molecule has 0 bridgehead atoms. The van der Waals surface area contributed by atoms with Crippen LogP contribution in [-0.2, 0) is 16.0 Å². The number of rotatable bonds is 10. The Morgan fingerprint density at radius 1 is 1.13 bits per heavy atom. The van der Waals surface area contributed by atoms with Crippen LogP contribution in [0.4, 0.5) is 4.79 Å². The first kappa shape index (κ1) is 29.1. The van der Waals surface area contributed by atoms with Gasteiger partial charge in [0.2, 0.25) is 0 Å². The molecular formula is C29H39N3O6. The second-order valence-electron chi connectivity index (χ2n) is 10.5. The quantitative estimate of drug-likeness (QED) is 0.371. The van der Waals surface area contributed by atoms with Crippen LogP contribution in [0.2, 0.25) is 0 Å². The largest absolute Gasteiger partial charge is 0.444 e. The first-order valence-corrected chi connectivity index (χ1v) is 13.3. The van der Waals surface area contributed by atoms with Crippen molar-refractivity contribution in [2.75, 3.05) is 26.2 Å². The Hall–Kier alpha value is -3.46. The Kier molecular flexibility index (Phi) is 10.2. The number of hydrogen-bond donors (Lipinski definition) is 1. The van der Waals surface area contributed by atoms with Crippen molar-refractivity contribution in [3.8, 4) is 0 Å². The molecule has 1 atom stereocenters. The van der Waals surface area contributed by atoms with E-state index >= 15 is 0 Å². The van der Waals surface area contributed by atoms with Gasteiger partial charge in [0.05, 0.1) is 25.8 Å². The van der Waals surface area contributed by atoms with Gasteiger partial charge in [-0.25, -0.2) is 4.79 Å². The smallest absolute Gasteiger partial charge is 0.410 e. The molecule has 0 saturated carbocycles. The predicted octanol–water partition coefficient (Wildman–Crippen LogP) is 4.03. The Labute approximate surface area is 224 Å². The summed E-state index contributed by atoms with van der Waals surface area (Å²) < 4.78 is 12.7. The number of carbonyl (C=O) groups is 3. The van der Waals surface area contributed by atoms with Gasteiger partial charge in [0, 0.05) is 31.3 Å². The van der Waals surface area contributed by atoms with Gasteiger partial charge in [-0.1, -0.05) is 36.8 Å². The average Bonchev–Trinajstić information content (AvgIpc) is 2.87. The number of pyridine rings is 1. The Bertz CT molecular complexity index is 1170. The highest BCUT2D eigenvalue weighted by molar-refractivity contribution is 6.00. The monoisotopic (exact) mass is 525 g/mol. The van der Waals surface area contributed by atoms with Crippen molar-refractivity contribution >= 4 is 17.8 Å². The number of hydrogen-bond acceptors (Lipinski definition) is 6. The molecule has 38 heavy (non-hydrogen) atoms. The highest BCUT2D eigenvalue weighted by Crippen LogP contribution is 2.17. The van der Waals surface area contributed by atoms with Crippen LogP contribution in [0.3, 0.4) is 0 Å². The second kappa shape index (κ2) is 13.4. The number of benzene rings is 1. The minimum atomic E-state index is -0.550. The summed E-state index contributed by atoms with van der Waals surface area (Å²) in [6.07, 6.45) is 3.46. The van der Waals surface area contributed by atoms with Crippen LogP contribution in [0.1, 0.15) is 79.7 Å². The molecule has 1 N–H and O–H groups in total. The van der Waals surface area contributed by atoms with Crippen LogP contribution in [0.25, 0.3) is 0 Å². The number of ketones is 1. The number of nitrogens with zero attached hydrogens (tertiary/aromatic N) is 2. The topological polar surface area (TPSA) is 107 Å². The van der Waals surface area contributed by atoms with Crippen molar-refractivity contribution < 1.29 is 23.9 Å². The zero-order valence-corrected chi connectivity index (χ0v) is 22.8. The molecule has 1 aliphatic rings. The summed E-state index contributed by atoms with van der Waals surface area (Å²) >= 11 is 0. The SMILES string of the molecule is CCNC(=O)c1cc(C(=O)CCCC[C@@H]2CN(C(=O)OC(C)(C)C)CCO2)cn(Cc2ccccc2)c1=O. The fraction of sp³-hybridized carbons (Fsp3) is 0.517. The molecule has 0 radical (unpaired) electrons. The lowest BCUT2D eigenvalue weighted by Gasteiger charge is -2.34. The number of amides is 2. The maximum absolute atomic E-state index is 13.1. The number of carbonyl (C=O) groups excluding carboxylic acids is 3. The van der Waals surface area contributed by atoms with Crippen molar-refractivity contribution in [2.24, 2.45) is 0 Å². The van der Waals surface area contributed by atoms with Crippen LogP contribution in [0.15, 0.2) is 47.4 Å². The maximum Gasteiger partial charge on any atom is 0.410 e. The minimum absolute atomic E-state index is 0.0357. The van der Waals surface area contributed by atoms with Gasteiger partial charge in [0.15, 0.2) is 5.78 Å². The molecule has 2 amide bonds. The number of aromatic nitrogens is 1. The van der Waals surface area contributed by atoms with Gasteiger partial charge in [0.1, 0.15) is 11.2 Å². The third kappa shape index (κ3) is 8.55. The summed E-state index contributed by atoms with van der Waals surface area (Å²) in [6.45, 7) is 9.35. The summed E-state index contributed by atoms with van der Waals surface area (Å²) in [5, 5.41) is 2.66. The fourth-order valence-electron chi connectivity index (χ4n) is 4.29. The van der Waals surface area contributed by atoms with E-state index in [2.05, 4.69) is 5.32 Å². The van der Waals surface area contributed by atoms with E-state index in [-0.39, 0.29) is 36.5 Å². The van der Waals surface area contributed by atoms with Crippen molar-refractivity contribution in [3.63, 3.8) is 0 Å². The molecule has 9 nitrogen and oxygen atoms in total. The number of ether oxygens (including phenoxy) is 2. The summed E-state index contributed by atoms with van der Waals surface area (Å²) in [6, 6.07) is 10.8. The summed E-state index contributed by atoms with van der Waals surface area (Å²) in [5.41, 5.74) is 0.221. The first-order valence-electron chi connectivity index (χ1n) is 13.3. The maximum atomic E-state index is 13.1. The standard InChI is InChI=1S/C29H39N3O6/c1-5-30-26(34)24-17-22(19-32(27(24)35)18-21-11-7-6-8-12-21)25(33)14-10-9-13-23-20-31(15-16-37-23)28(36)38-29(2,3)4/h6-8,11-12,17,19,23H,5,9-10,13-16,18,20H2,1-4H3,(H,30,34)/t23-/m1/s1. The van der Waals surface area contributed by atoms with Gasteiger partial charge in [0.25, 0.3) is 11.5 Å². The Morgan fingerprint density at radius 2 is 1.87 bits per heavy atom. The van der Waals surface area contributed by atoms with E-state index in [0.29, 0.717) is 44.6 Å². The van der Waals surface area contributed by atoms with E-state index in [9.17, 15) is 19.2 Å². The van der Waals surface area contributed by atoms with E-state index in [0.717, 1.165) is 12.0 Å². The molecule has 0 unspecified atom stereocenters. The lowest BCUT2D eigenvalue weighted by molar-refractivity contribution is -0.0451.